The molecular formula is C19H31N3O. The minimum Gasteiger partial charge on any atom is -0.298 e. The zero-order valence-corrected chi connectivity index (χ0v) is 15.6. The molecule has 1 aromatic heterocycles. The van der Waals surface area contributed by atoms with Crippen molar-refractivity contribution in [1.82, 2.24) is 14.7 Å². The van der Waals surface area contributed by atoms with E-state index in [-0.39, 0.29) is 16.5 Å². The van der Waals surface area contributed by atoms with Crippen molar-refractivity contribution >= 4 is 5.78 Å². The molecule has 3 rings (SSSR count). The standard InChI is InChI=1S/C19H31N3O/c1-17(2,3)21-9-7-19(8-10-21)11-14-13-20-22(18(4,5)6)16(14)15(23)12-19/h13H,7-12H2,1-6H3. The molecule has 1 saturated heterocycles. The average Bonchev–Trinajstić information content (AvgIpc) is 2.81. The summed E-state index contributed by atoms with van der Waals surface area (Å²) in [7, 11) is 0. The van der Waals surface area contributed by atoms with E-state index in [0.29, 0.717) is 12.2 Å². The van der Waals surface area contributed by atoms with Gasteiger partial charge in [-0.1, -0.05) is 0 Å². The Morgan fingerprint density at radius 1 is 1.00 bits per heavy atom. The number of nitrogens with zero attached hydrogens (tertiary/aromatic N) is 3. The highest BCUT2D eigenvalue weighted by atomic mass is 16.1. The second kappa shape index (κ2) is 5.17. The van der Waals surface area contributed by atoms with E-state index in [1.807, 2.05) is 10.9 Å². The van der Waals surface area contributed by atoms with Crippen LogP contribution < -0.4 is 0 Å². The van der Waals surface area contributed by atoms with Gasteiger partial charge in [0.2, 0.25) is 0 Å². The minimum atomic E-state index is -0.136. The van der Waals surface area contributed by atoms with E-state index in [9.17, 15) is 4.79 Å². The zero-order chi connectivity index (χ0) is 17.0. The van der Waals surface area contributed by atoms with Crippen LogP contribution in [0, 0.1) is 5.41 Å². The van der Waals surface area contributed by atoms with E-state index in [4.69, 9.17) is 0 Å². The Bertz CT molecular complexity index is 608. The molecule has 1 aliphatic heterocycles. The largest absolute Gasteiger partial charge is 0.298 e. The van der Waals surface area contributed by atoms with Crippen LogP contribution in [0.25, 0.3) is 0 Å². The zero-order valence-electron chi connectivity index (χ0n) is 15.6. The normalized spacial score (nSPS) is 22.4. The van der Waals surface area contributed by atoms with Crippen molar-refractivity contribution < 1.29 is 4.79 Å². The monoisotopic (exact) mass is 317 g/mol. The van der Waals surface area contributed by atoms with E-state index in [1.165, 1.54) is 5.56 Å². The molecule has 2 aliphatic rings. The Morgan fingerprint density at radius 3 is 2.13 bits per heavy atom. The molecule has 0 unspecified atom stereocenters. The van der Waals surface area contributed by atoms with Crippen LogP contribution in [-0.2, 0) is 12.0 Å². The number of likely N-dealkylation sites (tertiary alicyclic amines) is 1. The number of hydrogen-bond acceptors (Lipinski definition) is 3. The Morgan fingerprint density at radius 2 is 1.61 bits per heavy atom. The fourth-order valence-electron chi connectivity index (χ4n) is 4.21. The number of rotatable bonds is 0. The van der Waals surface area contributed by atoms with Gasteiger partial charge in [0.1, 0.15) is 5.69 Å². The van der Waals surface area contributed by atoms with Crippen molar-refractivity contribution in [3.05, 3.63) is 17.5 Å². The van der Waals surface area contributed by atoms with E-state index in [0.717, 1.165) is 38.0 Å². The first kappa shape index (κ1) is 16.7. The fourth-order valence-corrected chi connectivity index (χ4v) is 4.21. The molecule has 0 N–H and O–H groups in total. The molecule has 4 nitrogen and oxygen atoms in total. The number of carbonyl (C=O) groups is 1. The summed E-state index contributed by atoms with van der Waals surface area (Å²) >= 11 is 0. The summed E-state index contributed by atoms with van der Waals surface area (Å²) < 4.78 is 1.93. The van der Waals surface area contributed by atoms with Crippen LogP contribution in [0.4, 0.5) is 0 Å². The predicted octanol–water partition coefficient (Wildman–Crippen LogP) is 3.65. The highest BCUT2D eigenvalue weighted by Crippen LogP contribution is 2.44. The van der Waals surface area contributed by atoms with Gasteiger partial charge in [-0.05, 0) is 79.3 Å². The molecule has 2 heterocycles. The van der Waals surface area contributed by atoms with Gasteiger partial charge in [0, 0.05) is 17.5 Å². The molecule has 0 radical (unpaired) electrons. The first-order valence-electron chi connectivity index (χ1n) is 8.88. The van der Waals surface area contributed by atoms with Gasteiger partial charge in [0.25, 0.3) is 0 Å². The summed E-state index contributed by atoms with van der Waals surface area (Å²) in [6.07, 6.45) is 5.89. The Balaban J connectivity index is 1.83. The number of aromatic nitrogens is 2. The molecule has 0 atom stereocenters. The van der Waals surface area contributed by atoms with Gasteiger partial charge in [-0.2, -0.15) is 5.10 Å². The van der Waals surface area contributed by atoms with E-state index in [1.54, 1.807) is 0 Å². The molecule has 1 spiro atoms. The first-order valence-corrected chi connectivity index (χ1v) is 8.88. The molecule has 0 bridgehead atoms. The number of ketones is 1. The Hall–Kier alpha value is -1.16. The highest BCUT2D eigenvalue weighted by Gasteiger charge is 2.44. The third-order valence-corrected chi connectivity index (χ3v) is 5.62. The van der Waals surface area contributed by atoms with Gasteiger partial charge in [-0.3, -0.25) is 14.4 Å². The molecule has 4 heteroatoms. The van der Waals surface area contributed by atoms with Crippen molar-refractivity contribution in [3.63, 3.8) is 0 Å². The van der Waals surface area contributed by atoms with Crippen molar-refractivity contribution in [1.29, 1.82) is 0 Å². The van der Waals surface area contributed by atoms with Crippen LogP contribution in [0.15, 0.2) is 6.20 Å². The van der Waals surface area contributed by atoms with E-state index < -0.39 is 0 Å². The van der Waals surface area contributed by atoms with Crippen LogP contribution in [0.5, 0.6) is 0 Å². The van der Waals surface area contributed by atoms with Crippen LogP contribution >= 0.6 is 0 Å². The molecule has 1 aromatic rings. The third-order valence-electron chi connectivity index (χ3n) is 5.62. The predicted molar refractivity (Wildman–Crippen MR) is 92.9 cm³/mol. The SMILES string of the molecule is CC(C)(C)N1CCC2(CC1)CC(=O)c1c(cnn1C(C)(C)C)C2. The summed E-state index contributed by atoms with van der Waals surface area (Å²) in [6.45, 7) is 15.4. The number of piperidine rings is 1. The lowest BCUT2D eigenvalue weighted by atomic mass is 9.66. The van der Waals surface area contributed by atoms with Gasteiger partial charge < -0.3 is 0 Å². The Kier molecular flexibility index (Phi) is 3.75. The number of carbonyl (C=O) groups excluding carboxylic acids is 1. The summed E-state index contributed by atoms with van der Waals surface area (Å²) in [5.74, 6) is 0.294. The summed E-state index contributed by atoms with van der Waals surface area (Å²) in [5, 5.41) is 4.54. The topological polar surface area (TPSA) is 38.1 Å². The van der Waals surface area contributed by atoms with E-state index >= 15 is 0 Å². The maximum absolute atomic E-state index is 12.9. The van der Waals surface area contributed by atoms with Gasteiger partial charge in [0.15, 0.2) is 5.78 Å². The minimum absolute atomic E-state index is 0.136. The molecule has 128 valence electrons. The van der Waals surface area contributed by atoms with Crippen molar-refractivity contribution in [2.24, 2.45) is 5.41 Å². The number of Topliss-reactive ketones (excluding diaryl/α,β-unsaturated/α-hetero) is 1. The molecule has 23 heavy (non-hydrogen) atoms. The Labute approximate surface area is 140 Å². The van der Waals surface area contributed by atoms with Gasteiger partial charge >= 0.3 is 0 Å². The third kappa shape index (κ3) is 2.98. The molecule has 0 saturated carbocycles. The van der Waals surface area contributed by atoms with E-state index in [2.05, 4.69) is 51.5 Å². The number of hydrogen-bond donors (Lipinski definition) is 0. The lowest BCUT2D eigenvalue weighted by Crippen LogP contribution is -2.51. The van der Waals surface area contributed by atoms with Gasteiger partial charge in [-0.25, -0.2) is 0 Å². The van der Waals surface area contributed by atoms with Gasteiger partial charge in [-0.15, -0.1) is 0 Å². The smallest absolute Gasteiger partial charge is 0.181 e. The maximum Gasteiger partial charge on any atom is 0.181 e. The molecule has 0 aromatic carbocycles. The summed E-state index contributed by atoms with van der Waals surface area (Å²) in [6, 6.07) is 0. The number of fused-ring (bicyclic) bond motifs is 1. The maximum atomic E-state index is 12.9. The van der Waals surface area contributed by atoms with Crippen molar-refractivity contribution in [2.75, 3.05) is 13.1 Å². The highest BCUT2D eigenvalue weighted by molar-refractivity contribution is 5.97. The fraction of sp³-hybridized carbons (Fsp3) is 0.789. The second-order valence-electron chi connectivity index (χ2n) is 9.54. The van der Waals surface area contributed by atoms with Crippen LogP contribution in [-0.4, -0.2) is 39.1 Å². The molecule has 1 aliphatic carbocycles. The molecular weight excluding hydrogens is 286 g/mol. The van der Waals surface area contributed by atoms with Crippen LogP contribution in [0.1, 0.15) is 76.9 Å². The van der Waals surface area contributed by atoms with Gasteiger partial charge in [0.05, 0.1) is 11.7 Å². The first-order chi connectivity index (χ1) is 10.5. The molecule has 1 fully saturated rings. The van der Waals surface area contributed by atoms with Crippen LogP contribution in [0.2, 0.25) is 0 Å². The quantitative estimate of drug-likeness (QED) is 0.733. The lowest BCUT2D eigenvalue weighted by molar-refractivity contribution is 0.0332. The van der Waals surface area contributed by atoms with Crippen LogP contribution in [0.3, 0.4) is 0 Å². The lowest BCUT2D eigenvalue weighted by Gasteiger charge is -2.47. The second-order valence-corrected chi connectivity index (χ2v) is 9.54. The molecule has 0 amide bonds. The average molecular weight is 317 g/mol. The summed E-state index contributed by atoms with van der Waals surface area (Å²) in [5.41, 5.74) is 2.28. The van der Waals surface area contributed by atoms with Crippen molar-refractivity contribution in [2.45, 2.75) is 78.3 Å². The van der Waals surface area contributed by atoms with Crippen molar-refractivity contribution in [3.8, 4) is 0 Å². The summed E-state index contributed by atoms with van der Waals surface area (Å²) in [4.78, 5) is 15.4.